The van der Waals surface area contributed by atoms with E-state index < -0.39 is 35.2 Å². The first-order valence-electron chi connectivity index (χ1n) is 12.1. The van der Waals surface area contributed by atoms with Crippen molar-refractivity contribution in [2.75, 3.05) is 13.1 Å². The Morgan fingerprint density at radius 1 is 1.19 bits per heavy atom. The second-order valence-electron chi connectivity index (χ2n) is 9.89. The van der Waals surface area contributed by atoms with Gasteiger partial charge in [0, 0.05) is 34.6 Å². The molecule has 2 aliphatic heterocycles. The molecule has 0 radical (unpaired) electrons. The molecule has 188 valence electrons. The van der Waals surface area contributed by atoms with Crippen LogP contribution in [0.25, 0.3) is 10.9 Å². The molecule has 2 atom stereocenters. The summed E-state index contributed by atoms with van der Waals surface area (Å²) in [5.74, 6) is -1.66. The first kappa shape index (κ1) is 24.3. The molecule has 0 bridgehead atoms. The van der Waals surface area contributed by atoms with Gasteiger partial charge in [0.2, 0.25) is 5.91 Å². The molecule has 5 rings (SSSR count). The van der Waals surface area contributed by atoms with Crippen LogP contribution in [0.4, 0.5) is 9.18 Å². The Morgan fingerprint density at radius 2 is 1.94 bits per heavy atom. The molecule has 0 aliphatic carbocycles. The van der Waals surface area contributed by atoms with Crippen molar-refractivity contribution in [1.29, 1.82) is 0 Å². The highest BCUT2D eigenvalue weighted by molar-refractivity contribution is 6.31. The van der Waals surface area contributed by atoms with E-state index in [1.165, 1.54) is 12.1 Å². The zero-order chi connectivity index (χ0) is 25.8. The number of amides is 4. The van der Waals surface area contributed by atoms with Crippen LogP contribution in [0.3, 0.4) is 0 Å². The van der Waals surface area contributed by atoms with Crippen molar-refractivity contribution in [3.8, 4) is 0 Å². The van der Waals surface area contributed by atoms with Gasteiger partial charge in [-0.25, -0.2) is 14.1 Å². The van der Waals surface area contributed by atoms with E-state index in [1.54, 1.807) is 31.7 Å². The monoisotopic (exact) mass is 510 g/mol. The Kier molecular flexibility index (Phi) is 6.03. The summed E-state index contributed by atoms with van der Waals surface area (Å²) in [6.07, 6.45) is 0.802. The summed E-state index contributed by atoms with van der Waals surface area (Å²) in [6.45, 7) is 5.84. The van der Waals surface area contributed by atoms with Crippen LogP contribution in [0, 0.1) is 11.7 Å². The molecule has 0 spiro atoms. The van der Waals surface area contributed by atoms with Crippen molar-refractivity contribution in [2.24, 2.45) is 5.92 Å². The van der Waals surface area contributed by atoms with Crippen LogP contribution in [0.15, 0.2) is 42.5 Å². The van der Waals surface area contributed by atoms with Gasteiger partial charge in [-0.3, -0.25) is 9.59 Å². The molecular weight excluding hydrogens is 483 g/mol. The van der Waals surface area contributed by atoms with Gasteiger partial charge in [-0.2, -0.15) is 0 Å². The summed E-state index contributed by atoms with van der Waals surface area (Å²) >= 11 is 6.10. The van der Waals surface area contributed by atoms with Gasteiger partial charge >= 0.3 is 6.03 Å². The SMILES string of the molecule is CC(C)C(C(=O)NCCc1c(F)cccc1Cl)N1C(=O)N2CCc3c([nH]c4ccccc34)C2(C)C1=O. The standard InChI is InChI=1S/C27H28ClFN4O3/c1-15(2)22(24(34)30-13-11-18-19(28)8-6-9-20(18)29)33-25(35)27(3)23-17(12-14-32(27)26(33)36)16-7-4-5-10-21(16)31-23/h4-10,15,22,31H,11-14H2,1-3H3,(H,30,34). The number of carbonyl (C=O) groups excluding carboxylic acids is 3. The molecule has 1 fully saturated rings. The van der Waals surface area contributed by atoms with Crippen LogP contribution >= 0.6 is 11.6 Å². The number of aromatic nitrogens is 1. The van der Waals surface area contributed by atoms with Crippen LogP contribution in [-0.4, -0.2) is 51.8 Å². The first-order chi connectivity index (χ1) is 17.2. The largest absolute Gasteiger partial charge is 0.356 e. The van der Waals surface area contributed by atoms with E-state index in [-0.39, 0.29) is 23.9 Å². The van der Waals surface area contributed by atoms with Crippen LogP contribution in [0.5, 0.6) is 0 Å². The van der Waals surface area contributed by atoms with Gasteiger partial charge < -0.3 is 15.2 Å². The number of carbonyl (C=O) groups is 3. The predicted molar refractivity (Wildman–Crippen MR) is 135 cm³/mol. The van der Waals surface area contributed by atoms with Crippen LogP contribution in [0.1, 0.15) is 37.6 Å². The van der Waals surface area contributed by atoms with Crippen molar-refractivity contribution < 1.29 is 18.8 Å². The maximum absolute atomic E-state index is 14.1. The Hall–Kier alpha value is -3.39. The van der Waals surface area contributed by atoms with Gasteiger partial charge in [-0.1, -0.05) is 49.7 Å². The van der Waals surface area contributed by atoms with Crippen molar-refractivity contribution in [3.05, 3.63) is 70.1 Å². The molecule has 2 N–H and O–H groups in total. The van der Waals surface area contributed by atoms with Crippen molar-refractivity contribution >= 4 is 40.3 Å². The van der Waals surface area contributed by atoms with Gasteiger partial charge in [0.15, 0.2) is 5.54 Å². The van der Waals surface area contributed by atoms with Crippen molar-refractivity contribution in [1.82, 2.24) is 20.1 Å². The molecule has 2 unspecified atom stereocenters. The van der Waals surface area contributed by atoms with E-state index in [0.29, 0.717) is 24.2 Å². The Morgan fingerprint density at radius 3 is 2.67 bits per heavy atom. The second kappa shape index (κ2) is 8.92. The molecule has 1 aromatic heterocycles. The summed E-state index contributed by atoms with van der Waals surface area (Å²) in [7, 11) is 0. The number of rotatable bonds is 6. The number of para-hydroxylation sites is 1. The topological polar surface area (TPSA) is 85.5 Å². The molecule has 4 amide bonds. The van der Waals surface area contributed by atoms with E-state index in [9.17, 15) is 18.8 Å². The highest BCUT2D eigenvalue weighted by atomic mass is 35.5. The molecule has 1 saturated heterocycles. The van der Waals surface area contributed by atoms with E-state index in [2.05, 4.69) is 10.3 Å². The maximum Gasteiger partial charge on any atom is 0.328 e. The minimum absolute atomic E-state index is 0.117. The van der Waals surface area contributed by atoms with E-state index >= 15 is 0 Å². The number of H-pyrrole nitrogens is 1. The quantitative estimate of drug-likeness (QED) is 0.483. The van der Waals surface area contributed by atoms with Gasteiger partial charge in [0.1, 0.15) is 11.9 Å². The number of benzene rings is 2. The normalized spacial score (nSPS) is 20.2. The first-order valence-corrected chi connectivity index (χ1v) is 12.5. The average Bonchev–Trinajstić information content (AvgIpc) is 3.31. The average molecular weight is 511 g/mol. The molecule has 2 aromatic carbocycles. The number of aromatic amines is 1. The Labute approximate surface area is 213 Å². The lowest BCUT2D eigenvalue weighted by atomic mass is 9.86. The lowest BCUT2D eigenvalue weighted by molar-refractivity contribution is -0.140. The molecule has 0 saturated carbocycles. The molecule has 3 heterocycles. The minimum Gasteiger partial charge on any atom is -0.356 e. The number of halogens is 2. The predicted octanol–water partition coefficient (Wildman–Crippen LogP) is 4.38. The number of fused-ring (bicyclic) bond motifs is 5. The zero-order valence-electron chi connectivity index (χ0n) is 20.4. The Bertz CT molecular complexity index is 1370. The molecule has 3 aromatic rings. The number of nitrogens with zero attached hydrogens (tertiary/aromatic N) is 2. The number of hydrogen-bond donors (Lipinski definition) is 2. The minimum atomic E-state index is -1.22. The van der Waals surface area contributed by atoms with E-state index in [1.807, 2.05) is 24.3 Å². The third kappa shape index (κ3) is 3.58. The zero-order valence-corrected chi connectivity index (χ0v) is 21.2. The van der Waals surface area contributed by atoms with E-state index in [0.717, 1.165) is 21.4 Å². The third-order valence-electron chi connectivity index (χ3n) is 7.41. The highest BCUT2D eigenvalue weighted by Crippen LogP contribution is 2.45. The lowest BCUT2D eigenvalue weighted by Gasteiger charge is -2.36. The third-order valence-corrected chi connectivity index (χ3v) is 7.77. The smallest absolute Gasteiger partial charge is 0.328 e. The Balaban J connectivity index is 1.42. The van der Waals surface area contributed by atoms with Gasteiger partial charge in [0.25, 0.3) is 5.91 Å². The fourth-order valence-corrected chi connectivity index (χ4v) is 5.83. The van der Waals surface area contributed by atoms with Crippen molar-refractivity contribution in [3.63, 3.8) is 0 Å². The number of nitrogens with one attached hydrogen (secondary N) is 2. The summed E-state index contributed by atoms with van der Waals surface area (Å²) in [4.78, 5) is 46.9. The van der Waals surface area contributed by atoms with Gasteiger partial charge in [-0.05, 0) is 49.4 Å². The molecule has 36 heavy (non-hydrogen) atoms. The maximum atomic E-state index is 14.1. The molecule has 9 heteroatoms. The summed E-state index contributed by atoms with van der Waals surface area (Å²) < 4.78 is 14.1. The van der Waals surface area contributed by atoms with Crippen LogP contribution in [0.2, 0.25) is 5.02 Å². The van der Waals surface area contributed by atoms with E-state index in [4.69, 9.17) is 11.6 Å². The fraction of sp³-hybridized carbons (Fsp3) is 0.370. The highest BCUT2D eigenvalue weighted by Gasteiger charge is 2.61. The lowest BCUT2D eigenvalue weighted by Crippen LogP contribution is -2.53. The van der Waals surface area contributed by atoms with Crippen LogP contribution < -0.4 is 5.32 Å². The summed E-state index contributed by atoms with van der Waals surface area (Å²) in [6, 6.07) is 10.8. The summed E-state index contributed by atoms with van der Waals surface area (Å²) in [5, 5.41) is 4.11. The van der Waals surface area contributed by atoms with Crippen LogP contribution in [-0.2, 0) is 28.0 Å². The number of hydrogen-bond acceptors (Lipinski definition) is 3. The molecule has 7 nitrogen and oxygen atoms in total. The van der Waals surface area contributed by atoms with Crippen molar-refractivity contribution in [2.45, 2.75) is 45.2 Å². The number of imide groups is 1. The van der Waals surface area contributed by atoms with Gasteiger partial charge in [0.05, 0.1) is 5.69 Å². The number of urea groups is 1. The van der Waals surface area contributed by atoms with Gasteiger partial charge in [-0.15, -0.1) is 0 Å². The fourth-order valence-electron chi connectivity index (χ4n) is 5.57. The molecular formula is C27H28ClFN4O3. The second-order valence-corrected chi connectivity index (χ2v) is 10.3. The molecule has 2 aliphatic rings. The summed E-state index contributed by atoms with van der Waals surface area (Å²) in [5.41, 5.74) is 1.73.